The van der Waals surface area contributed by atoms with Crippen LogP contribution in [-0.2, 0) is 20.0 Å². The molecular formula is C18H27NO6. The van der Waals surface area contributed by atoms with Gasteiger partial charge in [0.15, 0.2) is 17.3 Å². The van der Waals surface area contributed by atoms with Crippen molar-refractivity contribution in [3.8, 4) is 17.2 Å². The highest BCUT2D eigenvalue weighted by molar-refractivity contribution is 5.54. The first-order valence-electron chi connectivity index (χ1n) is 8.52. The van der Waals surface area contributed by atoms with Crippen LogP contribution in [-0.4, -0.2) is 71.8 Å². The van der Waals surface area contributed by atoms with Crippen molar-refractivity contribution in [3.63, 3.8) is 0 Å². The molecule has 2 heterocycles. The molecule has 0 saturated carbocycles. The number of hydrogen-bond acceptors (Lipinski definition) is 7. The molecule has 0 aromatic heterocycles. The summed E-state index contributed by atoms with van der Waals surface area (Å²) < 4.78 is 33.9. The second kappa shape index (κ2) is 7.78. The summed E-state index contributed by atoms with van der Waals surface area (Å²) in [6, 6.07) is 3.75. The Labute approximate surface area is 148 Å². The van der Waals surface area contributed by atoms with E-state index in [9.17, 15) is 0 Å². The Morgan fingerprint density at radius 3 is 2.28 bits per heavy atom. The summed E-state index contributed by atoms with van der Waals surface area (Å²) in [6.07, 6.45) is 0.0159. The predicted octanol–water partition coefficient (Wildman–Crippen LogP) is 1.63. The minimum absolute atomic E-state index is 0.0159. The van der Waals surface area contributed by atoms with Crippen LogP contribution in [0.5, 0.6) is 17.2 Å². The van der Waals surface area contributed by atoms with Crippen LogP contribution in [0.3, 0.4) is 0 Å². The van der Waals surface area contributed by atoms with E-state index < -0.39 is 5.79 Å². The average molecular weight is 353 g/mol. The van der Waals surface area contributed by atoms with E-state index in [1.165, 1.54) is 0 Å². The first-order valence-corrected chi connectivity index (χ1v) is 8.52. The molecule has 7 nitrogen and oxygen atoms in total. The van der Waals surface area contributed by atoms with Gasteiger partial charge in [0.25, 0.3) is 0 Å². The Morgan fingerprint density at radius 2 is 1.72 bits per heavy atom. The predicted molar refractivity (Wildman–Crippen MR) is 91.5 cm³/mol. The van der Waals surface area contributed by atoms with Crippen molar-refractivity contribution >= 4 is 0 Å². The second-order valence-corrected chi connectivity index (χ2v) is 6.32. The monoisotopic (exact) mass is 353 g/mol. The van der Waals surface area contributed by atoms with Crippen molar-refractivity contribution < 1.29 is 28.4 Å². The van der Waals surface area contributed by atoms with Gasteiger partial charge < -0.3 is 28.4 Å². The van der Waals surface area contributed by atoms with E-state index in [1.54, 1.807) is 21.3 Å². The number of hydrogen-bond donors (Lipinski definition) is 0. The molecule has 140 valence electrons. The summed E-state index contributed by atoms with van der Waals surface area (Å²) in [4.78, 5) is 2.35. The Hall–Kier alpha value is -1.54. The zero-order valence-corrected chi connectivity index (χ0v) is 15.4. The summed E-state index contributed by atoms with van der Waals surface area (Å²) in [5.74, 6) is 0.882. The Morgan fingerprint density at radius 1 is 1.08 bits per heavy atom. The molecule has 2 atom stereocenters. The number of nitrogens with zero attached hydrogens (tertiary/aromatic N) is 1. The van der Waals surface area contributed by atoms with Gasteiger partial charge >= 0.3 is 0 Å². The summed E-state index contributed by atoms with van der Waals surface area (Å²) in [5, 5.41) is 0. The fraction of sp³-hybridized carbons (Fsp3) is 0.667. The van der Waals surface area contributed by atoms with Crippen molar-refractivity contribution in [1.82, 2.24) is 4.90 Å². The number of rotatable bonds is 6. The lowest BCUT2D eigenvalue weighted by molar-refractivity contribution is -0.164. The maximum atomic E-state index is 6.25. The Bertz CT molecular complexity index is 564. The highest BCUT2D eigenvalue weighted by Crippen LogP contribution is 2.43. The van der Waals surface area contributed by atoms with Gasteiger partial charge in [0.2, 0.25) is 5.75 Å². The molecule has 0 bridgehead atoms. The van der Waals surface area contributed by atoms with E-state index >= 15 is 0 Å². The maximum absolute atomic E-state index is 6.25. The molecule has 7 heteroatoms. The lowest BCUT2D eigenvalue weighted by Gasteiger charge is -2.29. The molecule has 1 aromatic carbocycles. The van der Waals surface area contributed by atoms with Crippen LogP contribution in [0.4, 0.5) is 0 Å². The van der Waals surface area contributed by atoms with Crippen molar-refractivity contribution in [3.05, 3.63) is 17.7 Å². The van der Waals surface area contributed by atoms with Gasteiger partial charge in [-0.25, -0.2) is 0 Å². The van der Waals surface area contributed by atoms with Crippen LogP contribution in [0.1, 0.15) is 12.5 Å². The minimum atomic E-state index is -0.843. The van der Waals surface area contributed by atoms with Crippen molar-refractivity contribution in [2.75, 3.05) is 60.8 Å². The van der Waals surface area contributed by atoms with Gasteiger partial charge in [0.1, 0.15) is 0 Å². The Balaban J connectivity index is 1.76. The van der Waals surface area contributed by atoms with Crippen molar-refractivity contribution in [2.24, 2.45) is 0 Å². The summed E-state index contributed by atoms with van der Waals surface area (Å²) >= 11 is 0. The van der Waals surface area contributed by atoms with Gasteiger partial charge in [-0.15, -0.1) is 0 Å². The van der Waals surface area contributed by atoms with Gasteiger partial charge in [-0.05, 0) is 19.1 Å². The van der Waals surface area contributed by atoms with E-state index in [-0.39, 0.29) is 6.10 Å². The highest BCUT2D eigenvalue weighted by atomic mass is 16.7. The number of benzene rings is 1. The molecule has 0 amide bonds. The number of methoxy groups -OCH3 is 3. The van der Waals surface area contributed by atoms with Crippen molar-refractivity contribution in [2.45, 2.75) is 18.8 Å². The SMILES string of the molecule is COc1cc([C@]2(C)OC[C@H](CN3CCOCC3)O2)cc(OC)c1OC. The van der Waals surface area contributed by atoms with Crippen LogP contribution in [0, 0.1) is 0 Å². The molecule has 0 aliphatic carbocycles. The van der Waals surface area contributed by atoms with Crippen LogP contribution in [0.15, 0.2) is 12.1 Å². The molecule has 1 aromatic rings. The van der Waals surface area contributed by atoms with E-state index in [0.717, 1.165) is 38.4 Å². The fourth-order valence-electron chi connectivity index (χ4n) is 3.29. The first kappa shape index (κ1) is 18.3. The molecule has 0 unspecified atom stereocenters. The summed E-state index contributed by atoms with van der Waals surface area (Å²) in [7, 11) is 4.78. The van der Waals surface area contributed by atoms with Crippen LogP contribution >= 0.6 is 0 Å². The smallest absolute Gasteiger partial charge is 0.203 e. The maximum Gasteiger partial charge on any atom is 0.203 e. The largest absolute Gasteiger partial charge is 0.493 e. The molecule has 2 fully saturated rings. The van der Waals surface area contributed by atoms with Gasteiger partial charge in [0.05, 0.1) is 47.3 Å². The number of morpholine rings is 1. The van der Waals surface area contributed by atoms with Gasteiger partial charge in [-0.3, -0.25) is 4.90 Å². The third-order valence-corrected chi connectivity index (χ3v) is 4.69. The Kier molecular flexibility index (Phi) is 5.68. The third-order valence-electron chi connectivity index (χ3n) is 4.69. The lowest BCUT2D eigenvalue weighted by atomic mass is 10.1. The molecule has 0 N–H and O–H groups in total. The zero-order valence-electron chi connectivity index (χ0n) is 15.4. The quantitative estimate of drug-likeness (QED) is 0.770. The fourth-order valence-corrected chi connectivity index (χ4v) is 3.29. The molecular weight excluding hydrogens is 326 g/mol. The molecule has 3 rings (SSSR count). The second-order valence-electron chi connectivity index (χ2n) is 6.32. The summed E-state index contributed by atoms with van der Waals surface area (Å²) in [6.45, 7) is 6.72. The van der Waals surface area contributed by atoms with Gasteiger partial charge in [-0.1, -0.05) is 0 Å². The molecule has 2 aliphatic rings. The topological polar surface area (TPSA) is 58.6 Å². The van der Waals surface area contributed by atoms with Crippen LogP contribution in [0.2, 0.25) is 0 Å². The van der Waals surface area contributed by atoms with Gasteiger partial charge in [-0.2, -0.15) is 0 Å². The summed E-state index contributed by atoms with van der Waals surface area (Å²) in [5.41, 5.74) is 0.839. The van der Waals surface area contributed by atoms with Crippen LogP contribution < -0.4 is 14.2 Å². The third kappa shape index (κ3) is 3.84. The standard InChI is InChI=1S/C18H27NO6/c1-18(13-9-15(20-2)17(22-4)16(10-13)21-3)24-12-14(25-18)11-19-5-7-23-8-6-19/h9-10,14H,5-8,11-12H2,1-4H3/t14-,18+/m0/s1. The van der Waals surface area contributed by atoms with E-state index in [2.05, 4.69) is 4.90 Å². The van der Waals surface area contributed by atoms with Gasteiger partial charge in [0, 0.05) is 25.2 Å². The molecule has 0 radical (unpaired) electrons. The average Bonchev–Trinajstić information content (AvgIpc) is 3.03. The highest BCUT2D eigenvalue weighted by Gasteiger charge is 2.40. The first-order chi connectivity index (χ1) is 12.1. The van der Waals surface area contributed by atoms with Crippen LogP contribution in [0.25, 0.3) is 0 Å². The lowest BCUT2D eigenvalue weighted by Crippen LogP contribution is -2.42. The van der Waals surface area contributed by atoms with Crippen molar-refractivity contribution in [1.29, 1.82) is 0 Å². The van der Waals surface area contributed by atoms with E-state index in [4.69, 9.17) is 28.4 Å². The molecule has 0 spiro atoms. The normalized spacial score (nSPS) is 27.3. The molecule has 2 aliphatic heterocycles. The number of ether oxygens (including phenoxy) is 6. The molecule has 25 heavy (non-hydrogen) atoms. The molecule has 2 saturated heterocycles. The van der Waals surface area contributed by atoms with E-state index in [0.29, 0.717) is 23.9 Å². The van der Waals surface area contributed by atoms with E-state index in [1.807, 2.05) is 19.1 Å². The minimum Gasteiger partial charge on any atom is -0.493 e. The zero-order chi connectivity index (χ0) is 17.9.